The summed E-state index contributed by atoms with van der Waals surface area (Å²) in [6, 6.07) is 4.03. The number of hydrogen-bond acceptors (Lipinski definition) is 4. The first-order valence-electron chi connectivity index (χ1n) is 4.77. The van der Waals surface area contributed by atoms with Crippen LogP contribution in [0.15, 0.2) is 12.1 Å². The maximum Gasteiger partial charge on any atom is 0.173 e. The predicted octanol–water partition coefficient (Wildman–Crippen LogP) is 1.37. The second-order valence-corrected chi connectivity index (χ2v) is 4.85. The van der Waals surface area contributed by atoms with Crippen LogP contribution in [-0.2, 0) is 6.54 Å². The summed E-state index contributed by atoms with van der Waals surface area (Å²) in [7, 11) is 1.68. The van der Waals surface area contributed by atoms with Gasteiger partial charge < -0.3 is 15.2 Å². The molecule has 14 heavy (non-hydrogen) atoms. The molecular formula is C10H15NO2S. The molecule has 1 aromatic heterocycles. The Balaban J connectivity index is 1.85. The maximum atomic E-state index is 9.10. The molecule has 1 aliphatic rings. The molecule has 0 unspecified atom stereocenters. The summed E-state index contributed by atoms with van der Waals surface area (Å²) in [5, 5.41) is 13.4. The summed E-state index contributed by atoms with van der Waals surface area (Å²) in [5.41, 5.74) is 0.0250. The summed E-state index contributed by atoms with van der Waals surface area (Å²) < 4.78 is 5.11. The van der Waals surface area contributed by atoms with Crippen molar-refractivity contribution in [3.8, 4) is 5.06 Å². The number of aliphatic hydroxyl groups is 1. The summed E-state index contributed by atoms with van der Waals surface area (Å²) in [6.07, 6.45) is 2.18. The van der Waals surface area contributed by atoms with E-state index in [1.807, 2.05) is 6.07 Å². The second-order valence-electron chi connectivity index (χ2n) is 3.72. The van der Waals surface area contributed by atoms with Crippen LogP contribution >= 0.6 is 11.3 Å². The number of rotatable bonds is 5. The zero-order chi connectivity index (χ0) is 10.0. The third kappa shape index (κ3) is 2.08. The minimum atomic E-state index is 0.0250. The lowest BCUT2D eigenvalue weighted by atomic mass is 10.3. The molecule has 0 radical (unpaired) electrons. The van der Waals surface area contributed by atoms with Crippen molar-refractivity contribution in [1.29, 1.82) is 0 Å². The highest BCUT2D eigenvalue weighted by atomic mass is 32.1. The van der Waals surface area contributed by atoms with E-state index in [2.05, 4.69) is 11.4 Å². The molecule has 1 aromatic rings. The van der Waals surface area contributed by atoms with E-state index in [1.54, 1.807) is 18.4 Å². The van der Waals surface area contributed by atoms with E-state index in [0.29, 0.717) is 0 Å². The van der Waals surface area contributed by atoms with Gasteiger partial charge in [-0.3, -0.25) is 0 Å². The molecule has 0 atom stereocenters. The summed E-state index contributed by atoms with van der Waals surface area (Å²) in [5.74, 6) is 0. The summed E-state index contributed by atoms with van der Waals surface area (Å²) in [6.45, 7) is 1.07. The molecule has 1 fully saturated rings. The SMILES string of the molecule is COc1ccc(CNC2(CO)CC2)s1. The molecule has 3 nitrogen and oxygen atoms in total. The lowest BCUT2D eigenvalue weighted by molar-refractivity contribution is 0.230. The smallest absolute Gasteiger partial charge is 0.173 e. The number of hydrogen-bond donors (Lipinski definition) is 2. The van der Waals surface area contributed by atoms with E-state index in [0.717, 1.165) is 24.4 Å². The lowest BCUT2D eigenvalue weighted by Gasteiger charge is -2.12. The Morgan fingerprint density at radius 3 is 2.86 bits per heavy atom. The molecule has 0 amide bonds. The van der Waals surface area contributed by atoms with Gasteiger partial charge in [0.2, 0.25) is 0 Å². The van der Waals surface area contributed by atoms with Crippen molar-refractivity contribution >= 4 is 11.3 Å². The predicted molar refractivity (Wildman–Crippen MR) is 56.8 cm³/mol. The van der Waals surface area contributed by atoms with E-state index < -0.39 is 0 Å². The Hall–Kier alpha value is -0.580. The van der Waals surface area contributed by atoms with Crippen LogP contribution in [-0.4, -0.2) is 24.4 Å². The van der Waals surface area contributed by atoms with Crippen LogP contribution in [0.2, 0.25) is 0 Å². The molecule has 2 N–H and O–H groups in total. The quantitative estimate of drug-likeness (QED) is 0.776. The molecule has 0 aromatic carbocycles. The Labute approximate surface area is 87.7 Å². The lowest BCUT2D eigenvalue weighted by Crippen LogP contribution is -2.33. The Kier molecular flexibility index (Phi) is 2.76. The van der Waals surface area contributed by atoms with Gasteiger partial charge in [-0.05, 0) is 25.0 Å². The van der Waals surface area contributed by atoms with Crippen LogP contribution in [0.5, 0.6) is 5.06 Å². The van der Waals surface area contributed by atoms with Gasteiger partial charge in [-0.1, -0.05) is 0 Å². The van der Waals surface area contributed by atoms with E-state index in [9.17, 15) is 0 Å². The van der Waals surface area contributed by atoms with E-state index in [1.165, 1.54) is 4.88 Å². The Morgan fingerprint density at radius 1 is 1.57 bits per heavy atom. The molecule has 1 heterocycles. The fraction of sp³-hybridized carbons (Fsp3) is 0.600. The molecular weight excluding hydrogens is 198 g/mol. The normalized spacial score (nSPS) is 18.1. The molecule has 0 saturated heterocycles. The molecule has 2 rings (SSSR count). The zero-order valence-electron chi connectivity index (χ0n) is 8.25. The van der Waals surface area contributed by atoms with Crippen molar-refractivity contribution in [3.05, 3.63) is 17.0 Å². The highest BCUT2D eigenvalue weighted by Gasteiger charge is 2.41. The van der Waals surface area contributed by atoms with Crippen LogP contribution in [0.1, 0.15) is 17.7 Å². The number of nitrogens with one attached hydrogen (secondary N) is 1. The highest BCUT2D eigenvalue weighted by molar-refractivity contribution is 7.13. The number of methoxy groups -OCH3 is 1. The number of aliphatic hydroxyl groups excluding tert-OH is 1. The fourth-order valence-electron chi connectivity index (χ4n) is 1.38. The van der Waals surface area contributed by atoms with Gasteiger partial charge in [-0.15, -0.1) is 11.3 Å². The van der Waals surface area contributed by atoms with Gasteiger partial charge in [-0.25, -0.2) is 0 Å². The Morgan fingerprint density at radius 2 is 2.36 bits per heavy atom. The molecule has 4 heteroatoms. The summed E-state index contributed by atoms with van der Waals surface area (Å²) >= 11 is 1.65. The maximum absolute atomic E-state index is 9.10. The molecule has 0 aliphatic heterocycles. The third-order valence-corrected chi connectivity index (χ3v) is 3.68. The minimum Gasteiger partial charge on any atom is -0.487 e. The highest BCUT2D eigenvalue weighted by Crippen LogP contribution is 2.35. The van der Waals surface area contributed by atoms with E-state index >= 15 is 0 Å². The van der Waals surface area contributed by atoms with E-state index in [4.69, 9.17) is 9.84 Å². The molecule has 1 aliphatic carbocycles. The van der Waals surface area contributed by atoms with Gasteiger partial charge >= 0.3 is 0 Å². The molecule has 1 saturated carbocycles. The van der Waals surface area contributed by atoms with Crippen LogP contribution in [0.3, 0.4) is 0 Å². The van der Waals surface area contributed by atoms with Crippen molar-refractivity contribution < 1.29 is 9.84 Å². The van der Waals surface area contributed by atoms with Crippen molar-refractivity contribution in [3.63, 3.8) is 0 Å². The summed E-state index contributed by atoms with van der Waals surface area (Å²) in [4.78, 5) is 1.25. The molecule has 0 bridgehead atoms. The monoisotopic (exact) mass is 213 g/mol. The van der Waals surface area contributed by atoms with Crippen LogP contribution in [0, 0.1) is 0 Å². The standard InChI is InChI=1S/C10H15NO2S/c1-13-9-3-2-8(14-9)6-11-10(7-12)4-5-10/h2-3,11-12H,4-7H2,1H3. The Bertz CT molecular complexity index is 307. The largest absolute Gasteiger partial charge is 0.487 e. The van der Waals surface area contributed by atoms with Crippen molar-refractivity contribution in [2.45, 2.75) is 24.9 Å². The van der Waals surface area contributed by atoms with Gasteiger partial charge in [0.1, 0.15) is 0 Å². The third-order valence-electron chi connectivity index (χ3n) is 2.63. The average molecular weight is 213 g/mol. The van der Waals surface area contributed by atoms with Gasteiger partial charge in [0.25, 0.3) is 0 Å². The molecule has 0 spiro atoms. The second kappa shape index (κ2) is 3.88. The van der Waals surface area contributed by atoms with Crippen LogP contribution in [0.4, 0.5) is 0 Å². The van der Waals surface area contributed by atoms with Crippen LogP contribution < -0.4 is 10.1 Å². The fourth-order valence-corrected chi connectivity index (χ4v) is 2.14. The minimum absolute atomic E-state index is 0.0250. The van der Waals surface area contributed by atoms with Crippen molar-refractivity contribution in [2.75, 3.05) is 13.7 Å². The first-order chi connectivity index (χ1) is 6.78. The van der Waals surface area contributed by atoms with Gasteiger partial charge in [0, 0.05) is 17.0 Å². The number of thiophene rings is 1. The van der Waals surface area contributed by atoms with Crippen molar-refractivity contribution in [1.82, 2.24) is 5.32 Å². The molecule has 78 valence electrons. The van der Waals surface area contributed by atoms with Gasteiger partial charge in [0.05, 0.1) is 13.7 Å². The van der Waals surface area contributed by atoms with E-state index in [-0.39, 0.29) is 12.1 Å². The van der Waals surface area contributed by atoms with Gasteiger partial charge in [-0.2, -0.15) is 0 Å². The average Bonchev–Trinajstić information content (AvgIpc) is 2.86. The first-order valence-corrected chi connectivity index (χ1v) is 5.58. The zero-order valence-corrected chi connectivity index (χ0v) is 9.06. The number of ether oxygens (including phenoxy) is 1. The van der Waals surface area contributed by atoms with Crippen molar-refractivity contribution in [2.24, 2.45) is 0 Å². The van der Waals surface area contributed by atoms with Gasteiger partial charge in [0.15, 0.2) is 5.06 Å². The topological polar surface area (TPSA) is 41.5 Å². The first kappa shape index (κ1) is 9.96. The van der Waals surface area contributed by atoms with Crippen LogP contribution in [0.25, 0.3) is 0 Å².